The molecule has 4 heteroatoms. The van der Waals surface area contributed by atoms with Crippen molar-refractivity contribution in [2.75, 3.05) is 19.7 Å². The number of nitrogens with two attached hydrogens (primary N) is 1. The van der Waals surface area contributed by atoms with Crippen LogP contribution in [0, 0.1) is 17.3 Å². The molecule has 4 nitrogen and oxygen atoms in total. The van der Waals surface area contributed by atoms with Crippen LogP contribution in [0.3, 0.4) is 0 Å². The molecule has 0 bridgehead atoms. The summed E-state index contributed by atoms with van der Waals surface area (Å²) >= 11 is 0. The predicted octanol–water partition coefficient (Wildman–Crippen LogP) is 1.81. The Morgan fingerprint density at radius 2 is 1.85 bits per heavy atom. The van der Waals surface area contributed by atoms with Gasteiger partial charge < -0.3 is 16.2 Å². The van der Waals surface area contributed by atoms with E-state index in [4.69, 9.17) is 5.73 Å². The maximum absolute atomic E-state index is 12.4. The van der Waals surface area contributed by atoms with Crippen molar-refractivity contribution in [3.63, 3.8) is 0 Å². The van der Waals surface area contributed by atoms with E-state index in [1.807, 2.05) is 0 Å². The van der Waals surface area contributed by atoms with Gasteiger partial charge in [-0.1, -0.05) is 32.1 Å². The third kappa shape index (κ3) is 3.73. The number of hydrogen-bond acceptors (Lipinski definition) is 3. The van der Waals surface area contributed by atoms with E-state index in [9.17, 15) is 9.90 Å². The van der Waals surface area contributed by atoms with Gasteiger partial charge in [-0.05, 0) is 38.1 Å². The highest BCUT2D eigenvalue weighted by atomic mass is 16.3. The molecule has 0 saturated heterocycles. The summed E-state index contributed by atoms with van der Waals surface area (Å²) in [5, 5.41) is 12.8. The molecule has 0 aliphatic heterocycles. The van der Waals surface area contributed by atoms with Crippen molar-refractivity contribution < 1.29 is 9.90 Å². The first-order chi connectivity index (χ1) is 9.71. The molecule has 1 amide bonds. The van der Waals surface area contributed by atoms with E-state index in [1.54, 1.807) is 0 Å². The number of aliphatic hydroxyl groups excluding tert-OH is 1. The lowest BCUT2D eigenvalue weighted by atomic mass is 9.74. The van der Waals surface area contributed by atoms with Crippen LogP contribution < -0.4 is 11.1 Å². The summed E-state index contributed by atoms with van der Waals surface area (Å²) < 4.78 is 0. The summed E-state index contributed by atoms with van der Waals surface area (Å²) in [5.41, 5.74) is 5.73. The number of nitrogens with one attached hydrogen (secondary N) is 1. The minimum absolute atomic E-state index is 0.0687. The highest BCUT2D eigenvalue weighted by Crippen LogP contribution is 2.35. The maximum atomic E-state index is 12.4. The second-order valence-electron chi connectivity index (χ2n) is 6.82. The minimum atomic E-state index is -0.0687. The summed E-state index contributed by atoms with van der Waals surface area (Å²) in [6.07, 6.45) is 10.1. The van der Waals surface area contributed by atoms with Crippen LogP contribution in [0.25, 0.3) is 0 Å². The lowest BCUT2D eigenvalue weighted by Crippen LogP contribution is -2.46. The zero-order valence-corrected chi connectivity index (χ0v) is 12.6. The van der Waals surface area contributed by atoms with Crippen LogP contribution in [0.5, 0.6) is 0 Å². The highest BCUT2D eigenvalue weighted by Gasteiger charge is 2.34. The number of carbonyl (C=O) groups is 1. The summed E-state index contributed by atoms with van der Waals surface area (Å²) in [5.74, 6) is 0.604. The molecule has 2 atom stereocenters. The van der Waals surface area contributed by atoms with Crippen LogP contribution in [0.1, 0.15) is 57.8 Å². The van der Waals surface area contributed by atoms with Crippen molar-refractivity contribution in [1.29, 1.82) is 0 Å². The van der Waals surface area contributed by atoms with Gasteiger partial charge in [0.25, 0.3) is 0 Å². The largest absolute Gasteiger partial charge is 0.396 e. The van der Waals surface area contributed by atoms with Crippen LogP contribution >= 0.6 is 0 Å². The second kappa shape index (κ2) is 7.41. The van der Waals surface area contributed by atoms with E-state index in [-0.39, 0.29) is 23.8 Å². The molecule has 2 rings (SSSR count). The quantitative estimate of drug-likeness (QED) is 0.720. The molecular weight excluding hydrogens is 252 g/mol. The molecule has 0 aromatic rings. The number of amides is 1. The molecule has 2 unspecified atom stereocenters. The number of hydrogen-bond donors (Lipinski definition) is 3. The van der Waals surface area contributed by atoms with Gasteiger partial charge >= 0.3 is 0 Å². The Balaban J connectivity index is 1.86. The number of rotatable bonds is 5. The Kier molecular flexibility index (Phi) is 5.85. The Labute approximate surface area is 122 Å². The van der Waals surface area contributed by atoms with Gasteiger partial charge in [-0.3, -0.25) is 4.79 Å². The van der Waals surface area contributed by atoms with Gasteiger partial charge in [0.2, 0.25) is 5.91 Å². The van der Waals surface area contributed by atoms with E-state index < -0.39 is 0 Å². The molecule has 116 valence electrons. The van der Waals surface area contributed by atoms with Gasteiger partial charge in [-0.2, -0.15) is 0 Å². The number of aliphatic hydroxyl groups is 1. The van der Waals surface area contributed by atoms with E-state index in [0.717, 1.165) is 32.1 Å². The van der Waals surface area contributed by atoms with Gasteiger partial charge in [0.1, 0.15) is 0 Å². The van der Waals surface area contributed by atoms with Crippen molar-refractivity contribution in [1.82, 2.24) is 5.32 Å². The van der Waals surface area contributed by atoms with E-state index in [0.29, 0.717) is 19.0 Å². The molecule has 20 heavy (non-hydrogen) atoms. The Bertz CT molecular complexity index is 314. The normalized spacial score (nSPS) is 29.9. The molecule has 2 saturated carbocycles. The average molecular weight is 282 g/mol. The Morgan fingerprint density at radius 1 is 1.15 bits per heavy atom. The SMILES string of the molecule is NCC1CCCCC1C(=O)NCC1(CO)CCCCC1. The van der Waals surface area contributed by atoms with Gasteiger partial charge in [-0.25, -0.2) is 0 Å². The predicted molar refractivity (Wildman–Crippen MR) is 80.1 cm³/mol. The van der Waals surface area contributed by atoms with Crippen LogP contribution in [0.15, 0.2) is 0 Å². The summed E-state index contributed by atoms with van der Waals surface area (Å²) in [4.78, 5) is 12.4. The van der Waals surface area contributed by atoms with Gasteiger partial charge in [0.15, 0.2) is 0 Å². The summed E-state index contributed by atoms with van der Waals surface area (Å²) in [7, 11) is 0. The van der Waals surface area contributed by atoms with E-state index in [2.05, 4.69) is 5.32 Å². The third-order valence-electron chi connectivity index (χ3n) is 5.44. The summed E-state index contributed by atoms with van der Waals surface area (Å²) in [6, 6.07) is 0. The molecule has 0 aromatic carbocycles. The van der Waals surface area contributed by atoms with Crippen LogP contribution in [0.4, 0.5) is 0 Å². The molecule has 0 heterocycles. The lowest BCUT2D eigenvalue weighted by molar-refractivity contribution is -0.128. The van der Waals surface area contributed by atoms with Crippen LogP contribution in [-0.2, 0) is 4.79 Å². The van der Waals surface area contributed by atoms with Crippen molar-refractivity contribution in [3.8, 4) is 0 Å². The van der Waals surface area contributed by atoms with Crippen LogP contribution in [0.2, 0.25) is 0 Å². The molecule has 0 radical (unpaired) electrons. The van der Waals surface area contributed by atoms with Crippen LogP contribution in [-0.4, -0.2) is 30.7 Å². The van der Waals surface area contributed by atoms with Crippen molar-refractivity contribution in [2.45, 2.75) is 57.8 Å². The summed E-state index contributed by atoms with van der Waals surface area (Å²) in [6.45, 7) is 1.44. The van der Waals surface area contributed by atoms with Crippen molar-refractivity contribution in [3.05, 3.63) is 0 Å². The van der Waals surface area contributed by atoms with Gasteiger partial charge in [0.05, 0.1) is 6.61 Å². The molecule has 2 aliphatic carbocycles. The first-order valence-electron chi connectivity index (χ1n) is 8.29. The fourth-order valence-corrected chi connectivity index (χ4v) is 3.93. The average Bonchev–Trinajstić information content (AvgIpc) is 2.53. The minimum Gasteiger partial charge on any atom is -0.396 e. The monoisotopic (exact) mass is 282 g/mol. The molecule has 0 aromatic heterocycles. The number of carbonyl (C=O) groups excluding carboxylic acids is 1. The molecule has 2 fully saturated rings. The fraction of sp³-hybridized carbons (Fsp3) is 0.938. The molecule has 0 spiro atoms. The molecule has 2 aliphatic rings. The first kappa shape index (κ1) is 15.8. The highest BCUT2D eigenvalue weighted by molar-refractivity contribution is 5.79. The first-order valence-corrected chi connectivity index (χ1v) is 8.29. The Morgan fingerprint density at radius 3 is 2.50 bits per heavy atom. The van der Waals surface area contributed by atoms with Gasteiger partial charge in [-0.15, -0.1) is 0 Å². The third-order valence-corrected chi connectivity index (χ3v) is 5.44. The zero-order chi connectivity index (χ0) is 14.4. The smallest absolute Gasteiger partial charge is 0.223 e. The molecule has 4 N–H and O–H groups in total. The lowest BCUT2D eigenvalue weighted by Gasteiger charge is -2.37. The van der Waals surface area contributed by atoms with Gasteiger partial charge in [0, 0.05) is 17.9 Å². The maximum Gasteiger partial charge on any atom is 0.223 e. The topological polar surface area (TPSA) is 75.4 Å². The standard InChI is InChI=1S/C16H30N2O2/c17-10-13-6-2-3-7-14(13)15(20)18-11-16(12-19)8-4-1-5-9-16/h13-14,19H,1-12,17H2,(H,18,20). The van der Waals surface area contributed by atoms with E-state index >= 15 is 0 Å². The second-order valence-corrected chi connectivity index (χ2v) is 6.82. The fourth-order valence-electron chi connectivity index (χ4n) is 3.93. The molecular formula is C16H30N2O2. The zero-order valence-electron chi connectivity index (χ0n) is 12.6. The van der Waals surface area contributed by atoms with E-state index in [1.165, 1.54) is 25.7 Å². The van der Waals surface area contributed by atoms with Crippen molar-refractivity contribution >= 4 is 5.91 Å². The Hall–Kier alpha value is -0.610. The van der Waals surface area contributed by atoms with Crippen molar-refractivity contribution in [2.24, 2.45) is 23.0 Å².